The maximum absolute atomic E-state index is 13.7. The molecule has 184 valence electrons. The van der Waals surface area contributed by atoms with Crippen LogP contribution >= 0.6 is 11.3 Å². The van der Waals surface area contributed by atoms with Crippen molar-refractivity contribution in [2.24, 2.45) is 11.3 Å². The Hall–Kier alpha value is -2.77. The van der Waals surface area contributed by atoms with E-state index >= 15 is 0 Å². The number of rotatable bonds is 7. The van der Waals surface area contributed by atoms with E-state index in [2.05, 4.69) is 39.3 Å². The van der Waals surface area contributed by atoms with Crippen LogP contribution in [0.4, 0.5) is 5.13 Å². The molecule has 1 saturated carbocycles. The lowest BCUT2D eigenvalue weighted by Gasteiger charge is -2.39. The quantitative estimate of drug-likeness (QED) is 0.475. The number of carbonyl (C=O) groups excluding carboxylic acids is 2. The number of carboxylic acids is 1. The lowest BCUT2D eigenvalue weighted by Crippen LogP contribution is -2.46. The van der Waals surface area contributed by atoms with Gasteiger partial charge in [0.1, 0.15) is 0 Å². The summed E-state index contributed by atoms with van der Waals surface area (Å²) in [6.45, 7) is 1.20. The first-order chi connectivity index (χ1) is 16.5. The first-order valence-electron chi connectivity index (χ1n) is 12.3. The van der Waals surface area contributed by atoms with E-state index < -0.39 is 11.4 Å². The highest BCUT2D eigenvalue weighted by Crippen LogP contribution is 2.45. The van der Waals surface area contributed by atoms with Crippen LogP contribution in [-0.2, 0) is 22.4 Å². The van der Waals surface area contributed by atoms with Gasteiger partial charge in [0, 0.05) is 25.4 Å². The fraction of sp³-hybridized carbons (Fsp3) is 0.464. The molecule has 0 unspecified atom stereocenters. The van der Waals surface area contributed by atoms with Crippen LogP contribution in [0.1, 0.15) is 41.9 Å². The molecule has 2 aliphatic carbocycles. The first kappa shape index (κ1) is 23.9. The van der Waals surface area contributed by atoms with Crippen LogP contribution in [0.2, 0.25) is 0 Å². The molecule has 1 amide bonds. The van der Waals surface area contributed by atoms with Crippen molar-refractivity contribution < 1.29 is 19.2 Å². The number of anilines is 1. The number of fused-ring (bicyclic) bond motifs is 2. The van der Waals surface area contributed by atoms with Crippen molar-refractivity contribution in [1.82, 2.24) is 4.98 Å². The standard InChI is InChI=1S/C28H33N3O3S/c1-30(26(34)28(16-25(32)33)14-20-7-5-6-8-21(20)15-28)27-29-23-10-9-19(13-24(23)35-27)22-11-18(12-22)17-31(2,3)4/h5-10,13,18,22H,11-12,14-17H2,1-4H3. The zero-order chi connectivity index (χ0) is 25.0. The summed E-state index contributed by atoms with van der Waals surface area (Å²) in [5.74, 6) is -0.0482. The Kier molecular flexibility index (Phi) is 5.96. The van der Waals surface area contributed by atoms with E-state index in [9.17, 15) is 14.7 Å². The van der Waals surface area contributed by atoms with E-state index in [-0.39, 0.29) is 12.3 Å². The van der Waals surface area contributed by atoms with Gasteiger partial charge >= 0.3 is 0 Å². The summed E-state index contributed by atoms with van der Waals surface area (Å²) in [5, 5.41) is 12.3. The highest BCUT2D eigenvalue weighted by atomic mass is 32.1. The number of carbonyl (C=O) groups is 2. The topological polar surface area (TPSA) is 73.3 Å². The Labute approximate surface area is 210 Å². The van der Waals surface area contributed by atoms with Crippen molar-refractivity contribution >= 4 is 38.6 Å². The first-order valence-corrected chi connectivity index (χ1v) is 13.1. The van der Waals surface area contributed by atoms with Crippen molar-refractivity contribution in [3.05, 3.63) is 59.2 Å². The minimum absolute atomic E-state index is 0.209. The van der Waals surface area contributed by atoms with Gasteiger partial charge < -0.3 is 14.4 Å². The summed E-state index contributed by atoms with van der Waals surface area (Å²) in [4.78, 5) is 31.7. The summed E-state index contributed by atoms with van der Waals surface area (Å²) < 4.78 is 2.07. The largest absolute Gasteiger partial charge is 0.550 e. The fourth-order valence-corrected chi connectivity index (χ4v) is 7.00. The summed E-state index contributed by atoms with van der Waals surface area (Å²) in [7, 11) is 8.45. The van der Waals surface area contributed by atoms with Gasteiger partial charge in [-0.05, 0) is 60.4 Å². The molecule has 0 N–H and O–H groups in total. The van der Waals surface area contributed by atoms with E-state index in [0.717, 1.165) is 31.7 Å². The molecule has 2 aromatic carbocycles. The third-order valence-electron chi connectivity index (χ3n) is 7.62. The molecule has 0 atom stereocenters. The van der Waals surface area contributed by atoms with Gasteiger partial charge in [0.05, 0.1) is 43.3 Å². The lowest BCUT2D eigenvalue weighted by atomic mass is 9.71. The molecule has 0 bridgehead atoms. The van der Waals surface area contributed by atoms with Gasteiger partial charge in [0.15, 0.2) is 5.13 Å². The lowest BCUT2D eigenvalue weighted by molar-refractivity contribution is -0.874. The molecule has 0 saturated heterocycles. The minimum Gasteiger partial charge on any atom is -0.550 e. The molecule has 5 rings (SSSR count). The molecule has 0 aliphatic heterocycles. The maximum Gasteiger partial charge on any atom is 0.235 e. The van der Waals surface area contributed by atoms with Gasteiger partial charge in [-0.1, -0.05) is 41.7 Å². The van der Waals surface area contributed by atoms with Crippen LogP contribution in [-0.4, -0.2) is 56.1 Å². The molecule has 6 nitrogen and oxygen atoms in total. The SMILES string of the molecule is CN(C(=O)C1(CC(=O)[O-])Cc2ccccc2C1)c1nc2ccc(C3CC(C[N+](C)(C)C)C3)cc2s1. The van der Waals surface area contributed by atoms with Crippen LogP contribution in [0, 0.1) is 11.3 Å². The van der Waals surface area contributed by atoms with Crippen LogP contribution in [0.3, 0.4) is 0 Å². The van der Waals surface area contributed by atoms with E-state index in [4.69, 9.17) is 4.98 Å². The van der Waals surface area contributed by atoms with Gasteiger partial charge in [-0.15, -0.1) is 0 Å². The smallest absolute Gasteiger partial charge is 0.235 e. The van der Waals surface area contributed by atoms with Crippen molar-refractivity contribution in [1.29, 1.82) is 0 Å². The Bertz CT molecular complexity index is 1260. The van der Waals surface area contributed by atoms with Crippen molar-refractivity contribution in [3.8, 4) is 0 Å². The van der Waals surface area contributed by atoms with Crippen LogP contribution in [0.15, 0.2) is 42.5 Å². The number of carboxylic acid groups (broad SMARTS) is 1. The molecule has 7 heteroatoms. The second-order valence-electron chi connectivity index (χ2n) is 11.5. The third kappa shape index (κ3) is 4.71. The summed E-state index contributed by atoms with van der Waals surface area (Å²) >= 11 is 1.50. The van der Waals surface area contributed by atoms with E-state index in [1.165, 1.54) is 36.3 Å². The minimum atomic E-state index is -1.20. The molecule has 2 aliphatic rings. The highest BCUT2D eigenvalue weighted by Gasteiger charge is 2.46. The third-order valence-corrected chi connectivity index (χ3v) is 8.71. The predicted molar refractivity (Wildman–Crippen MR) is 137 cm³/mol. The summed E-state index contributed by atoms with van der Waals surface area (Å²) in [5.41, 5.74) is 3.26. The van der Waals surface area contributed by atoms with Crippen LogP contribution in [0.5, 0.6) is 0 Å². The number of thiazole rings is 1. The highest BCUT2D eigenvalue weighted by molar-refractivity contribution is 7.22. The van der Waals surface area contributed by atoms with E-state index in [0.29, 0.717) is 23.9 Å². The molecule has 0 radical (unpaired) electrons. The molecule has 3 aromatic rings. The number of amides is 1. The molecule has 1 fully saturated rings. The number of quaternary nitrogens is 1. The molecular formula is C28H33N3O3S. The molecule has 35 heavy (non-hydrogen) atoms. The molecular weight excluding hydrogens is 458 g/mol. The zero-order valence-corrected chi connectivity index (χ0v) is 21.7. The van der Waals surface area contributed by atoms with Crippen molar-refractivity contribution in [2.45, 2.75) is 38.0 Å². The molecule has 0 spiro atoms. The maximum atomic E-state index is 13.7. The second-order valence-corrected chi connectivity index (χ2v) is 12.6. The van der Waals surface area contributed by atoms with Crippen LogP contribution in [0.25, 0.3) is 10.2 Å². The van der Waals surface area contributed by atoms with Crippen molar-refractivity contribution in [2.75, 3.05) is 39.6 Å². The number of aromatic nitrogens is 1. The van der Waals surface area contributed by atoms with Gasteiger partial charge in [0.25, 0.3) is 0 Å². The van der Waals surface area contributed by atoms with E-state index in [1.807, 2.05) is 24.3 Å². The average molecular weight is 492 g/mol. The number of hydrogen-bond donors (Lipinski definition) is 0. The average Bonchev–Trinajstić information content (AvgIpc) is 3.34. The number of benzene rings is 2. The Morgan fingerprint density at radius 3 is 2.37 bits per heavy atom. The fourth-order valence-electron chi connectivity index (χ4n) is 6.02. The normalized spacial score (nSPS) is 20.9. The van der Waals surface area contributed by atoms with Gasteiger partial charge in [0.2, 0.25) is 5.91 Å². The van der Waals surface area contributed by atoms with Crippen molar-refractivity contribution in [3.63, 3.8) is 0 Å². The van der Waals surface area contributed by atoms with Crippen LogP contribution < -0.4 is 10.0 Å². The monoisotopic (exact) mass is 491 g/mol. The summed E-state index contributed by atoms with van der Waals surface area (Å²) in [6, 6.07) is 14.3. The number of nitrogens with zero attached hydrogens (tertiary/aromatic N) is 3. The van der Waals surface area contributed by atoms with Gasteiger partial charge in [-0.25, -0.2) is 4.98 Å². The number of aliphatic carboxylic acids is 1. The molecule has 1 aromatic heterocycles. The summed E-state index contributed by atoms with van der Waals surface area (Å²) in [6.07, 6.45) is 2.96. The molecule has 1 heterocycles. The second kappa shape index (κ2) is 8.71. The predicted octanol–water partition coefficient (Wildman–Crippen LogP) is 3.38. The Balaban J connectivity index is 1.35. The Morgan fingerprint density at radius 2 is 1.77 bits per heavy atom. The van der Waals surface area contributed by atoms with E-state index in [1.54, 1.807) is 11.9 Å². The number of hydrogen-bond acceptors (Lipinski definition) is 5. The zero-order valence-electron chi connectivity index (χ0n) is 20.9. The Morgan fingerprint density at radius 1 is 1.11 bits per heavy atom. The van der Waals surface area contributed by atoms with Gasteiger partial charge in [-0.2, -0.15) is 0 Å². The van der Waals surface area contributed by atoms with Gasteiger partial charge in [-0.3, -0.25) is 9.69 Å².